The Labute approximate surface area is 99.4 Å². The Balaban J connectivity index is 2.74. The topological polar surface area (TPSA) is 41.9 Å². The van der Waals surface area contributed by atoms with Gasteiger partial charge in [-0.1, -0.05) is 28.9 Å². The number of halogens is 1. The van der Waals surface area contributed by atoms with Crippen LogP contribution in [0.15, 0.2) is 29.4 Å². The van der Waals surface area contributed by atoms with Crippen LogP contribution in [0.3, 0.4) is 0 Å². The van der Waals surface area contributed by atoms with Crippen molar-refractivity contribution in [2.45, 2.75) is 6.92 Å². The zero-order valence-electron chi connectivity index (χ0n) is 9.40. The van der Waals surface area contributed by atoms with Crippen molar-refractivity contribution >= 4 is 23.4 Å². The van der Waals surface area contributed by atoms with Gasteiger partial charge in [0.05, 0.1) is 5.71 Å². The van der Waals surface area contributed by atoms with Gasteiger partial charge in [-0.3, -0.25) is 4.84 Å². The zero-order chi connectivity index (χ0) is 12.1. The van der Waals surface area contributed by atoms with E-state index in [1.807, 2.05) is 12.1 Å². The van der Waals surface area contributed by atoms with Crippen molar-refractivity contribution in [1.82, 2.24) is 4.90 Å². The average molecular weight is 241 g/mol. The SMILES string of the molecule is CC(=NOC(=O)N(C)C)c1cccc(Cl)c1. The fraction of sp³-hybridized carbons (Fsp3) is 0.273. The molecule has 0 N–H and O–H groups in total. The monoisotopic (exact) mass is 240 g/mol. The molecule has 0 saturated carbocycles. The molecule has 0 atom stereocenters. The third-order valence-electron chi connectivity index (χ3n) is 1.87. The summed E-state index contributed by atoms with van der Waals surface area (Å²) in [5.41, 5.74) is 1.41. The summed E-state index contributed by atoms with van der Waals surface area (Å²) in [6.07, 6.45) is -0.513. The number of carbonyl (C=O) groups is 1. The van der Waals surface area contributed by atoms with Gasteiger partial charge >= 0.3 is 6.09 Å². The van der Waals surface area contributed by atoms with E-state index in [0.29, 0.717) is 10.7 Å². The molecule has 4 nitrogen and oxygen atoms in total. The van der Waals surface area contributed by atoms with E-state index in [-0.39, 0.29) is 0 Å². The second-order valence-electron chi connectivity index (χ2n) is 3.44. The van der Waals surface area contributed by atoms with Gasteiger partial charge in [-0.25, -0.2) is 4.79 Å². The molecule has 0 bridgehead atoms. The summed E-state index contributed by atoms with van der Waals surface area (Å²) < 4.78 is 0. The van der Waals surface area contributed by atoms with E-state index < -0.39 is 6.09 Å². The summed E-state index contributed by atoms with van der Waals surface area (Å²) in [7, 11) is 3.18. The summed E-state index contributed by atoms with van der Waals surface area (Å²) in [5.74, 6) is 0. The minimum Gasteiger partial charge on any atom is -0.312 e. The highest BCUT2D eigenvalue weighted by molar-refractivity contribution is 6.31. The molecule has 1 aromatic carbocycles. The van der Waals surface area contributed by atoms with E-state index in [1.54, 1.807) is 33.2 Å². The van der Waals surface area contributed by atoms with Crippen molar-refractivity contribution in [1.29, 1.82) is 0 Å². The lowest BCUT2D eigenvalue weighted by Gasteiger charge is -2.07. The van der Waals surface area contributed by atoms with Crippen LogP contribution in [0.2, 0.25) is 5.02 Å². The van der Waals surface area contributed by atoms with Crippen LogP contribution in [0.25, 0.3) is 0 Å². The van der Waals surface area contributed by atoms with E-state index in [1.165, 1.54) is 4.90 Å². The van der Waals surface area contributed by atoms with Crippen LogP contribution in [-0.2, 0) is 4.84 Å². The molecule has 1 aromatic rings. The fourth-order valence-corrected chi connectivity index (χ4v) is 1.15. The van der Waals surface area contributed by atoms with E-state index in [0.717, 1.165) is 5.56 Å². The average Bonchev–Trinajstić information content (AvgIpc) is 2.25. The van der Waals surface area contributed by atoms with E-state index in [2.05, 4.69) is 5.16 Å². The molecule has 0 aromatic heterocycles. The predicted molar refractivity (Wildman–Crippen MR) is 63.8 cm³/mol. The van der Waals surface area contributed by atoms with Crippen molar-refractivity contribution < 1.29 is 9.63 Å². The molecular weight excluding hydrogens is 228 g/mol. The summed E-state index contributed by atoms with van der Waals surface area (Å²) >= 11 is 5.83. The van der Waals surface area contributed by atoms with Gasteiger partial charge in [0.1, 0.15) is 0 Å². The Bertz CT molecular complexity index is 416. The van der Waals surface area contributed by atoms with Crippen LogP contribution < -0.4 is 0 Å². The highest BCUT2D eigenvalue weighted by atomic mass is 35.5. The van der Waals surface area contributed by atoms with Crippen LogP contribution in [0.5, 0.6) is 0 Å². The summed E-state index contributed by atoms with van der Waals surface area (Å²) in [6, 6.07) is 7.17. The first-order valence-corrected chi connectivity index (χ1v) is 5.07. The molecular formula is C11H13ClN2O2. The number of benzene rings is 1. The first kappa shape index (κ1) is 12.5. The number of nitrogens with zero attached hydrogens (tertiary/aromatic N) is 2. The van der Waals surface area contributed by atoms with Gasteiger partial charge in [0.15, 0.2) is 0 Å². The molecule has 0 radical (unpaired) electrons. The second-order valence-corrected chi connectivity index (χ2v) is 3.88. The molecule has 0 fully saturated rings. The Kier molecular flexibility index (Phi) is 4.31. The quantitative estimate of drug-likeness (QED) is 0.453. The minimum absolute atomic E-state index is 0.513. The molecule has 0 aliphatic heterocycles. The third kappa shape index (κ3) is 3.55. The van der Waals surface area contributed by atoms with Gasteiger partial charge in [-0.05, 0) is 19.1 Å². The molecule has 0 spiro atoms. The molecule has 0 saturated heterocycles. The number of hydrogen-bond donors (Lipinski definition) is 0. The van der Waals surface area contributed by atoms with Crippen molar-refractivity contribution in [3.05, 3.63) is 34.9 Å². The number of oxime groups is 1. The summed E-state index contributed by atoms with van der Waals surface area (Å²) in [5, 5.41) is 4.34. The fourth-order valence-electron chi connectivity index (χ4n) is 0.955. The third-order valence-corrected chi connectivity index (χ3v) is 2.10. The molecule has 0 heterocycles. The van der Waals surface area contributed by atoms with Gasteiger partial charge in [-0.15, -0.1) is 0 Å². The standard InChI is InChI=1S/C11H13ClN2O2/c1-8(13-16-11(15)14(2)3)9-5-4-6-10(12)7-9/h4-7H,1-3H3. The maximum Gasteiger partial charge on any atom is 0.435 e. The zero-order valence-corrected chi connectivity index (χ0v) is 10.2. The van der Waals surface area contributed by atoms with Gasteiger partial charge in [-0.2, -0.15) is 0 Å². The predicted octanol–water partition coefficient (Wildman–Crippen LogP) is 2.76. The van der Waals surface area contributed by atoms with E-state index in [9.17, 15) is 4.79 Å². The number of amides is 1. The van der Waals surface area contributed by atoms with Crippen molar-refractivity contribution in [3.8, 4) is 0 Å². The second kappa shape index (κ2) is 5.51. The molecule has 0 unspecified atom stereocenters. The van der Waals surface area contributed by atoms with Crippen molar-refractivity contribution in [3.63, 3.8) is 0 Å². The number of hydrogen-bond acceptors (Lipinski definition) is 3. The van der Waals surface area contributed by atoms with Crippen LogP contribution in [0, 0.1) is 0 Å². The first-order chi connectivity index (χ1) is 7.50. The van der Waals surface area contributed by atoms with Gasteiger partial charge < -0.3 is 4.90 Å². The normalized spacial score (nSPS) is 11.1. The molecule has 16 heavy (non-hydrogen) atoms. The molecule has 1 amide bonds. The number of rotatable bonds is 2. The lowest BCUT2D eigenvalue weighted by Crippen LogP contribution is -2.21. The highest BCUT2D eigenvalue weighted by Crippen LogP contribution is 2.11. The maximum atomic E-state index is 11.1. The van der Waals surface area contributed by atoms with Crippen LogP contribution >= 0.6 is 11.6 Å². The van der Waals surface area contributed by atoms with Crippen LogP contribution in [0.4, 0.5) is 4.79 Å². The lowest BCUT2D eigenvalue weighted by molar-refractivity contribution is 0.122. The summed E-state index contributed by atoms with van der Waals surface area (Å²) in [6.45, 7) is 1.74. The Morgan fingerprint density at radius 3 is 2.69 bits per heavy atom. The van der Waals surface area contributed by atoms with Crippen LogP contribution in [0.1, 0.15) is 12.5 Å². The molecule has 5 heteroatoms. The smallest absolute Gasteiger partial charge is 0.312 e. The van der Waals surface area contributed by atoms with Gasteiger partial charge in [0.25, 0.3) is 0 Å². The highest BCUT2D eigenvalue weighted by Gasteiger charge is 2.05. The molecule has 86 valence electrons. The Morgan fingerprint density at radius 1 is 1.44 bits per heavy atom. The van der Waals surface area contributed by atoms with E-state index >= 15 is 0 Å². The van der Waals surface area contributed by atoms with Gasteiger partial charge in [0.2, 0.25) is 0 Å². The van der Waals surface area contributed by atoms with Crippen molar-refractivity contribution in [2.75, 3.05) is 14.1 Å². The molecule has 0 aliphatic rings. The van der Waals surface area contributed by atoms with E-state index in [4.69, 9.17) is 16.4 Å². The van der Waals surface area contributed by atoms with Crippen LogP contribution in [-0.4, -0.2) is 30.8 Å². The maximum absolute atomic E-state index is 11.1. The number of carbonyl (C=O) groups excluding carboxylic acids is 1. The van der Waals surface area contributed by atoms with Gasteiger partial charge in [0, 0.05) is 24.7 Å². The van der Waals surface area contributed by atoms with Crippen molar-refractivity contribution in [2.24, 2.45) is 5.16 Å². The Hall–Kier alpha value is -1.55. The molecule has 1 rings (SSSR count). The minimum atomic E-state index is -0.513. The summed E-state index contributed by atoms with van der Waals surface area (Å²) in [4.78, 5) is 17.1. The molecule has 0 aliphatic carbocycles. The lowest BCUT2D eigenvalue weighted by atomic mass is 10.1. The Morgan fingerprint density at radius 2 is 2.12 bits per heavy atom. The largest absolute Gasteiger partial charge is 0.435 e. The first-order valence-electron chi connectivity index (χ1n) is 4.69.